The highest BCUT2D eigenvalue weighted by atomic mass is 16.6. The molecule has 6 nitrogen and oxygen atoms in total. The number of nitro benzene ring substituents is 1. The van der Waals surface area contributed by atoms with Crippen molar-refractivity contribution in [3.63, 3.8) is 0 Å². The highest BCUT2D eigenvalue weighted by Crippen LogP contribution is 2.37. The normalized spacial score (nSPS) is 29.7. The summed E-state index contributed by atoms with van der Waals surface area (Å²) in [6, 6.07) is 8.77. The molecule has 2 unspecified atom stereocenters. The van der Waals surface area contributed by atoms with Gasteiger partial charge in [-0.25, -0.2) is 0 Å². The van der Waals surface area contributed by atoms with E-state index >= 15 is 0 Å². The summed E-state index contributed by atoms with van der Waals surface area (Å²) >= 11 is 0. The lowest BCUT2D eigenvalue weighted by atomic mass is 9.84. The summed E-state index contributed by atoms with van der Waals surface area (Å²) in [6.07, 6.45) is 1.28. The van der Waals surface area contributed by atoms with Crippen LogP contribution in [0.25, 0.3) is 0 Å². The lowest BCUT2D eigenvalue weighted by molar-refractivity contribution is -0.384. The summed E-state index contributed by atoms with van der Waals surface area (Å²) in [4.78, 5) is 15.3. The number of benzene rings is 1. The van der Waals surface area contributed by atoms with Gasteiger partial charge in [-0.05, 0) is 18.6 Å². The fourth-order valence-electron chi connectivity index (χ4n) is 3.63. The Morgan fingerprint density at radius 2 is 1.75 bits per heavy atom. The number of nitro groups is 1. The molecule has 0 aromatic heterocycles. The fourth-order valence-corrected chi connectivity index (χ4v) is 3.63. The van der Waals surface area contributed by atoms with Crippen LogP contribution in [0.3, 0.4) is 0 Å². The molecule has 1 aromatic rings. The van der Waals surface area contributed by atoms with E-state index < -0.39 is 0 Å². The van der Waals surface area contributed by atoms with Crippen molar-refractivity contribution in [1.82, 2.24) is 4.90 Å². The van der Waals surface area contributed by atoms with Gasteiger partial charge in [-0.15, -0.1) is 0 Å². The van der Waals surface area contributed by atoms with E-state index in [2.05, 4.69) is 9.80 Å². The van der Waals surface area contributed by atoms with Crippen LogP contribution in [0.4, 0.5) is 11.4 Å². The Balaban J connectivity index is 1.45. The van der Waals surface area contributed by atoms with Crippen molar-refractivity contribution in [1.29, 1.82) is 0 Å². The van der Waals surface area contributed by atoms with Gasteiger partial charge in [0.15, 0.2) is 0 Å². The number of fused-ring (bicyclic) bond motifs is 2. The predicted octanol–water partition coefficient (Wildman–Crippen LogP) is 1.26. The van der Waals surface area contributed by atoms with E-state index in [0.29, 0.717) is 18.1 Å². The molecule has 0 radical (unpaired) electrons. The summed E-state index contributed by atoms with van der Waals surface area (Å²) in [6.45, 7) is 3.80. The van der Waals surface area contributed by atoms with E-state index in [-0.39, 0.29) is 10.6 Å². The average molecular weight is 275 g/mol. The molecule has 4 heterocycles. The summed E-state index contributed by atoms with van der Waals surface area (Å²) in [5.74, 6) is 0. The summed E-state index contributed by atoms with van der Waals surface area (Å²) < 4.78 is 5.28. The number of anilines is 1. The Kier molecular flexibility index (Phi) is 2.68. The number of rotatable bonds is 3. The van der Waals surface area contributed by atoms with Crippen LogP contribution in [0.2, 0.25) is 0 Å². The summed E-state index contributed by atoms with van der Waals surface area (Å²) in [5, 5.41) is 10.7. The Morgan fingerprint density at radius 1 is 1.10 bits per heavy atom. The van der Waals surface area contributed by atoms with Crippen LogP contribution in [0.5, 0.6) is 0 Å². The van der Waals surface area contributed by atoms with E-state index in [1.165, 1.54) is 6.42 Å². The molecule has 0 saturated carbocycles. The highest BCUT2D eigenvalue weighted by molar-refractivity contribution is 5.52. The second-order valence-electron chi connectivity index (χ2n) is 5.86. The number of hydrogen-bond donors (Lipinski definition) is 0. The first-order chi connectivity index (χ1) is 9.72. The Labute approximate surface area is 117 Å². The molecule has 4 aliphatic heterocycles. The van der Waals surface area contributed by atoms with Gasteiger partial charge in [0.2, 0.25) is 0 Å². The van der Waals surface area contributed by atoms with Gasteiger partial charge in [0.1, 0.15) is 0 Å². The molecular weight excluding hydrogens is 258 g/mol. The minimum atomic E-state index is -0.351. The second kappa shape index (κ2) is 4.43. The number of non-ortho nitro benzene ring substituents is 1. The predicted molar refractivity (Wildman–Crippen MR) is 73.9 cm³/mol. The molecular formula is C14H17N3O3. The van der Waals surface area contributed by atoms with Gasteiger partial charge in [-0.2, -0.15) is 0 Å². The van der Waals surface area contributed by atoms with Gasteiger partial charge < -0.3 is 9.64 Å². The van der Waals surface area contributed by atoms with Gasteiger partial charge >= 0.3 is 0 Å². The maximum Gasteiger partial charge on any atom is 0.269 e. The first-order valence-corrected chi connectivity index (χ1v) is 7.07. The first-order valence-electron chi connectivity index (χ1n) is 7.07. The molecule has 2 bridgehead atoms. The van der Waals surface area contributed by atoms with Crippen molar-refractivity contribution in [3.8, 4) is 0 Å². The van der Waals surface area contributed by atoms with E-state index in [0.717, 1.165) is 32.0 Å². The first kappa shape index (κ1) is 12.1. The van der Waals surface area contributed by atoms with E-state index in [9.17, 15) is 10.1 Å². The smallest absolute Gasteiger partial charge is 0.269 e. The van der Waals surface area contributed by atoms with Crippen LogP contribution in [-0.2, 0) is 4.74 Å². The fraction of sp³-hybridized carbons (Fsp3) is 0.571. The van der Waals surface area contributed by atoms with Crippen LogP contribution in [-0.4, -0.2) is 54.3 Å². The number of piperazine rings is 1. The van der Waals surface area contributed by atoms with Gasteiger partial charge in [0, 0.05) is 43.0 Å². The monoisotopic (exact) mass is 275 g/mol. The highest BCUT2D eigenvalue weighted by Gasteiger charge is 2.49. The third kappa shape index (κ3) is 1.79. The lowest BCUT2D eigenvalue weighted by Crippen LogP contribution is -2.74. The minimum Gasteiger partial charge on any atom is -0.378 e. The number of hydrogen-bond acceptors (Lipinski definition) is 5. The van der Waals surface area contributed by atoms with Gasteiger partial charge in [-0.1, -0.05) is 0 Å². The van der Waals surface area contributed by atoms with Crippen LogP contribution in [0.15, 0.2) is 24.3 Å². The minimum absolute atomic E-state index is 0.157. The molecule has 5 rings (SSSR count). The molecule has 2 atom stereocenters. The van der Waals surface area contributed by atoms with Crippen molar-refractivity contribution in [2.45, 2.75) is 24.5 Å². The zero-order valence-corrected chi connectivity index (χ0v) is 11.1. The van der Waals surface area contributed by atoms with Crippen LogP contribution in [0, 0.1) is 10.1 Å². The second-order valence-corrected chi connectivity index (χ2v) is 5.86. The molecule has 106 valence electrons. The van der Waals surface area contributed by atoms with Crippen molar-refractivity contribution in [2.75, 3.05) is 31.2 Å². The molecule has 0 amide bonds. The van der Waals surface area contributed by atoms with Crippen molar-refractivity contribution in [3.05, 3.63) is 34.4 Å². The van der Waals surface area contributed by atoms with Gasteiger partial charge in [0.25, 0.3) is 5.69 Å². The molecule has 0 aliphatic carbocycles. The van der Waals surface area contributed by atoms with Gasteiger partial charge in [0.05, 0.1) is 24.2 Å². The summed E-state index contributed by atoms with van der Waals surface area (Å²) in [5.41, 5.74) is 1.25. The average Bonchev–Trinajstić information content (AvgIpc) is 2.43. The molecule has 4 aliphatic rings. The van der Waals surface area contributed by atoms with E-state index in [4.69, 9.17) is 4.74 Å². The molecule has 0 N–H and O–H groups in total. The maximum absolute atomic E-state index is 10.7. The van der Waals surface area contributed by atoms with Crippen molar-refractivity contribution < 1.29 is 9.66 Å². The molecule has 0 spiro atoms. The maximum atomic E-state index is 10.7. The van der Waals surface area contributed by atoms with Crippen LogP contribution >= 0.6 is 0 Å². The number of piperidine rings is 1. The van der Waals surface area contributed by atoms with E-state index in [1.54, 1.807) is 12.1 Å². The number of ether oxygens (including phenoxy) is 1. The largest absolute Gasteiger partial charge is 0.378 e. The van der Waals surface area contributed by atoms with Crippen LogP contribution < -0.4 is 4.90 Å². The quantitative estimate of drug-likeness (QED) is 0.614. The topological polar surface area (TPSA) is 58.9 Å². The zero-order chi connectivity index (χ0) is 13.7. The Bertz CT molecular complexity index is 517. The number of nitrogens with zero attached hydrogens (tertiary/aromatic N) is 3. The van der Waals surface area contributed by atoms with Gasteiger partial charge in [-0.3, -0.25) is 15.0 Å². The lowest BCUT2D eigenvalue weighted by Gasteiger charge is -2.61. The third-order valence-corrected chi connectivity index (χ3v) is 4.72. The van der Waals surface area contributed by atoms with Crippen molar-refractivity contribution >= 4 is 11.4 Å². The standard InChI is InChI=1S/C14H17N3O3/c18-17(19)11-3-1-10(2-4-11)15-6-12-5-13(7-15)16(12)14-8-20-9-14/h1-4,12-14H,5-9H2. The molecule has 20 heavy (non-hydrogen) atoms. The zero-order valence-electron chi connectivity index (χ0n) is 11.1. The Morgan fingerprint density at radius 3 is 2.25 bits per heavy atom. The van der Waals surface area contributed by atoms with Crippen LogP contribution in [0.1, 0.15) is 6.42 Å². The molecule has 4 saturated heterocycles. The van der Waals surface area contributed by atoms with Crippen molar-refractivity contribution in [2.24, 2.45) is 0 Å². The van der Waals surface area contributed by atoms with E-state index in [1.807, 2.05) is 12.1 Å². The third-order valence-electron chi connectivity index (χ3n) is 4.72. The molecule has 4 fully saturated rings. The molecule has 1 aromatic carbocycles. The summed E-state index contributed by atoms with van der Waals surface area (Å²) in [7, 11) is 0. The Hall–Kier alpha value is -1.66. The SMILES string of the molecule is O=[N+]([O-])c1ccc(N2CC3CC(C2)N3C2COC2)cc1. The molecule has 6 heteroatoms.